The number of thioether (sulfide) groups is 1. The molecular weight excluding hydrogens is 446 g/mol. The lowest BCUT2D eigenvalue weighted by Crippen LogP contribution is -2.24. The van der Waals surface area contributed by atoms with Gasteiger partial charge in [0.1, 0.15) is 0 Å². The average molecular weight is 470 g/mol. The van der Waals surface area contributed by atoms with Gasteiger partial charge in [-0.1, -0.05) is 47.6 Å². The maximum absolute atomic E-state index is 12.4. The first-order valence-electron chi connectivity index (χ1n) is 9.94. The van der Waals surface area contributed by atoms with Crippen molar-refractivity contribution in [3.63, 3.8) is 0 Å². The average Bonchev–Trinajstić information content (AvgIpc) is 3.15. The maximum Gasteiger partial charge on any atom is 0.251 e. The highest BCUT2D eigenvalue weighted by Crippen LogP contribution is 2.20. The number of rotatable bonds is 9. The zero-order valence-corrected chi connectivity index (χ0v) is 19.5. The minimum absolute atomic E-state index is 0.132. The fourth-order valence-electron chi connectivity index (χ4n) is 2.95. The quantitative estimate of drug-likeness (QED) is 0.358. The molecule has 1 aromatic heterocycles. The number of nitrogens with one attached hydrogen (secondary N) is 2. The molecule has 3 aromatic rings. The molecule has 2 amide bonds. The molecule has 1 heterocycles. The first kappa shape index (κ1) is 23.6. The van der Waals surface area contributed by atoms with Crippen molar-refractivity contribution < 1.29 is 9.59 Å². The monoisotopic (exact) mass is 469 g/mol. The van der Waals surface area contributed by atoms with E-state index >= 15 is 0 Å². The van der Waals surface area contributed by atoms with Crippen molar-refractivity contribution in [1.29, 1.82) is 0 Å². The van der Waals surface area contributed by atoms with Crippen LogP contribution in [-0.4, -0.2) is 32.3 Å². The molecule has 0 radical (unpaired) electrons. The summed E-state index contributed by atoms with van der Waals surface area (Å²) in [5.41, 5.74) is 3.34. The maximum atomic E-state index is 12.4. The molecule has 0 saturated carbocycles. The van der Waals surface area contributed by atoms with Crippen LogP contribution in [0.25, 0.3) is 0 Å². The first-order valence-corrected chi connectivity index (χ1v) is 11.3. The van der Waals surface area contributed by atoms with Crippen LogP contribution in [0.2, 0.25) is 5.02 Å². The number of amides is 2. The molecule has 2 N–H and O–H groups in total. The Bertz CT molecular complexity index is 1150. The number of allylic oxidation sites excluding steroid dienone is 1. The first-order chi connectivity index (χ1) is 15.4. The van der Waals surface area contributed by atoms with Gasteiger partial charge in [0.05, 0.1) is 12.3 Å². The van der Waals surface area contributed by atoms with E-state index in [9.17, 15) is 9.59 Å². The summed E-state index contributed by atoms with van der Waals surface area (Å²) in [6.07, 6.45) is 1.71. The summed E-state index contributed by atoms with van der Waals surface area (Å²) in [4.78, 5) is 24.8. The third kappa shape index (κ3) is 6.21. The van der Waals surface area contributed by atoms with Crippen LogP contribution in [0.15, 0.2) is 60.3 Å². The molecule has 0 unspecified atom stereocenters. The summed E-state index contributed by atoms with van der Waals surface area (Å²) in [5, 5.41) is 15.2. The predicted molar refractivity (Wildman–Crippen MR) is 128 cm³/mol. The number of aryl methyl sites for hydroxylation is 2. The van der Waals surface area contributed by atoms with Gasteiger partial charge in [0.15, 0.2) is 11.0 Å². The molecule has 32 heavy (non-hydrogen) atoms. The lowest BCUT2D eigenvalue weighted by atomic mass is 10.1. The molecule has 166 valence electrons. The van der Waals surface area contributed by atoms with E-state index < -0.39 is 0 Å². The second kappa shape index (κ2) is 11.0. The van der Waals surface area contributed by atoms with Crippen LogP contribution in [0.3, 0.4) is 0 Å². The van der Waals surface area contributed by atoms with Crippen LogP contribution in [-0.2, 0) is 17.9 Å². The van der Waals surface area contributed by atoms with E-state index in [1.807, 2.05) is 36.6 Å². The van der Waals surface area contributed by atoms with E-state index in [2.05, 4.69) is 27.4 Å². The molecule has 2 aromatic carbocycles. The predicted octanol–water partition coefficient (Wildman–Crippen LogP) is 4.40. The van der Waals surface area contributed by atoms with Crippen molar-refractivity contribution in [1.82, 2.24) is 20.1 Å². The second-order valence-electron chi connectivity index (χ2n) is 7.15. The van der Waals surface area contributed by atoms with Crippen molar-refractivity contribution >= 4 is 40.9 Å². The zero-order chi connectivity index (χ0) is 23.1. The number of anilines is 1. The number of carbonyl (C=O) groups excluding carboxylic acids is 2. The summed E-state index contributed by atoms with van der Waals surface area (Å²) in [5.74, 6) is 0.352. The Morgan fingerprint density at radius 2 is 2.00 bits per heavy atom. The SMILES string of the molecule is C=CCn1c(CNC(=O)c2cccc(Cl)c2)nnc1SCC(=O)Nc1cc(C)ccc1C. The Kier molecular flexibility index (Phi) is 8.08. The van der Waals surface area contributed by atoms with Crippen LogP contribution < -0.4 is 10.6 Å². The molecule has 0 aliphatic heterocycles. The molecule has 0 atom stereocenters. The van der Waals surface area contributed by atoms with Gasteiger partial charge in [0.2, 0.25) is 5.91 Å². The van der Waals surface area contributed by atoms with E-state index in [-0.39, 0.29) is 24.1 Å². The number of hydrogen-bond donors (Lipinski definition) is 2. The zero-order valence-electron chi connectivity index (χ0n) is 17.9. The van der Waals surface area contributed by atoms with Gasteiger partial charge in [-0.15, -0.1) is 16.8 Å². The summed E-state index contributed by atoms with van der Waals surface area (Å²) in [7, 11) is 0. The van der Waals surface area contributed by atoms with Crippen molar-refractivity contribution in [2.45, 2.75) is 32.1 Å². The number of aromatic nitrogens is 3. The van der Waals surface area contributed by atoms with Crippen molar-refractivity contribution in [2.24, 2.45) is 0 Å². The fourth-order valence-corrected chi connectivity index (χ4v) is 3.90. The molecule has 0 bridgehead atoms. The summed E-state index contributed by atoms with van der Waals surface area (Å²) < 4.78 is 1.82. The fraction of sp³-hybridized carbons (Fsp3) is 0.217. The Morgan fingerprint density at radius 1 is 1.19 bits per heavy atom. The van der Waals surface area contributed by atoms with E-state index in [1.54, 1.807) is 30.3 Å². The number of nitrogens with zero attached hydrogens (tertiary/aromatic N) is 3. The second-order valence-corrected chi connectivity index (χ2v) is 8.53. The summed E-state index contributed by atoms with van der Waals surface area (Å²) in [6, 6.07) is 12.6. The minimum atomic E-state index is -0.261. The van der Waals surface area contributed by atoms with Gasteiger partial charge in [0, 0.05) is 22.8 Å². The van der Waals surface area contributed by atoms with Crippen molar-refractivity contribution in [2.75, 3.05) is 11.1 Å². The molecule has 9 heteroatoms. The van der Waals surface area contributed by atoms with Crippen LogP contribution in [0, 0.1) is 13.8 Å². The Hall–Kier alpha value is -3.10. The topological polar surface area (TPSA) is 88.9 Å². The van der Waals surface area contributed by atoms with E-state index in [0.29, 0.717) is 28.1 Å². The highest BCUT2D eigenvalue weighted by Gasteiger charge is 2.15. The van der Waals surface area contributed by atoms with Gasteiger partial charge in [-0.25, -0.2) is 0 Å². The summed E-state index contributed by atoms with van der Waals surface area (Å²) >= 11 is 7.23. The molecular formula is C23H24ClN5O2S. The van der Waals surface area contributed by atoms with Gasteiger partial charge in [-0.3, -0.25) is 9.59 Å². The lowest BCUT2D eigenvalue weighted by Gasteiger charge is -2.10. The Morgan fingerprint density at radius 3 is 2.75 bits per heavy atom. The molecule has 0 aliphatic rings. The largest absolute Gasteiger partial charge is 0.345 e. The molecule has 3 rings (SSSR count). The smallest absolute Gasteiger partial charge is 0.251 e. The van der Waals surface area contributed by atoms with Gasteiger partial charge in [-0.05, 0) is 49.2 Å². The highest BCUT2D eigenvalue weighted by molar-refractivity contribution is 7.99. The van der Waals surface area contributed by atoms with Crippen LogP contribution >= 0.6 is 23.4 Å². The number of hydrogen-bond acceptors (Lipinski definition) is 5. The summed E-state index contributed by atoms with van der Waals surface area (Å²) in [6.45, 7) is 8.34. The normalized spacial score (nSPS) is 10.6. The third-order valence-electron chi connectivity index (χ3n) is 4.60. The number of carbonyl (C=O) groups is 2. The number of benzene rings is 2. The van der Waals surface area contributed by atoms with Crippen molar-refractivity contribution in [3.05, 3.63) is 82.7 Å². The van der Waals surface area contributed by atoms with Crippen LogP contribution in [0.4, 0.5) is 5.69 Å². The Labute approximate surface area is 196 Å². The van der Waals surface area contributed by atoms with Gasteiger partial charge < -0.3 is 15.2 Å². The van der Waals surface area contributed by atoms with Crippen LogP contribution in [0.5, 0.6) is 0 Å². The van der Waals surface area contributed by atoms with Gasteiger partial charge in [-0.2, -0.15) is 0 Å². The number of halogens is 1. The minimum Gasteiger partial charge on any atom is -0.345 e. The van der Waals surface area contributed by atoms with Gasteiger partial charge in [0.25, 0.3) is 5.91 Å². The lowest BCUT2D eigenvalue weighted by molar-refractivity contribution is -0.113. The highest BCUT2D eigenvalue weighted by atomic mass is 35.5. The molecule has 0 spiro atoms. The third-order valence-corrected chi connectivity index (χ3v) is 5.80. The van der Waals surface area contributed by atoms with Gasteiger partial charge >= 0.3 is 0 Å². The molecule has 0 saturated heterocycles. The molecule has 7 nitrogen and oxygen atoms in total. The van der Waals surface area contributed by atoms with E-state index in [1.165, 1.54) is 11.8 Å². The standard InChI is InChI=1S/C23H24ClN5O2S/c1-4-10-29-20(13-25-22(31)17-6-5-7-18(24)12-17)27-28-23(29)32-14-21(30)26-19-11-15(2)8-9-16(19)3/h4-9,11-12H,1,10,13-14H2,2-3H3,(H,25,31)(H,26,30). The van der Waals surface area contributed by atoms with E-state index in [0.717, 1.165) is 16.8 Å². The van der Waals surface area contributed by atoms with Crippen molar-refractivity contribution in [3.8, 4) is 0 Å². The Balaban J connectivity index is 1.62. The molecule has 0 fully saturated rings. The molecule has 0 aliphatic carbocycles. The van der Waals surface area contributed by atoms with E-state index in [4.69, 9.17) is 11.6 Å². The van der Waals surface area contributed by atoms with Crippen LogP contribution in [0.1, 0.15) is 27.3 Å².